The smallest absolute Gasteiger partial charge is 0.322 e. The molecule has 1 aliphatic heterocycles. The molecule has 0 bridgehead atoms. The summed E-state index contributed by atoms with van der Waals surface area (Å²) in [5, 5.41) is 3.25. The van der Waals surface area contributed by atoms with E-state index in [1.165, 1.54) is 51.2 Å². The minimum absolute atomic E-state index is 0.300. The molecule has 0 spiro atoms. The minimum atomic E-state index is -0.465. The molecule has 146 valence electrons. The third-order valence-electron chi connectivity index (χ3n) is 4.90. The summed E-state index contributed by atoms with van der Waals surface area (Å²) in [6.07, 6.45) is 9.99. The number of esters is 1. The molecule has 1 unspecified atom stereocenters. The van der Waals surface area contributed by atoms with Gasteiger partial charge in [-0.25, -0.2) is 4.98 Å². The number of hydrogen-bond acceptors (Lipinski definition) is 6. The van der Waals surface area contributed by atoms with E-state index in [0.717, 1.165) is 31.5 Å². The zero-order chi connectivity index (χ0) is 18.8. The van der Waals surface area contributed by atoms with Crippen molar-refractivity contribution in [2.24, 2.45) is 5.73 Å². The quantitative estimate of drug-likeness (QED) is 0.692. The molecule has 1 aromatic heterocycles. The molecule has 1 aromatic rings. The first-order chi connectivity index (χ1) is 12.7. The van der Waals surface area contributed by atoms with Gasteiger partial charge in [0.2, 0.25) is 0 Å². The Morgan fingerprint density at radius 1 is 1.46 bits per heavy atom. The van der Waals surface area contributed by atoms with Gasteiger partial charge >= 0.3 is 5.97 Å². The molecule has 3 N–H and O–H groups in total. The first-order valence-electron chi connectivity index (χ1n) is 9.91. The second kappa shape index (κ2) is 11.1. The van der Waals surface area contributed by atoms with Crippen molar-refractivity contribution in [3.8, 4) is 0 Å². The van der Waals surface area contributed by atoms with Gasteiger partial charge in [0, 0.05) is 25.3 Å². The first-order valence-corrected chi connectivity index (χ1v) is 9.91. The molecule has 6 heteroatoms. The fraction of sp³-hybridized carbons (Fsp3) is 0.700. The molecule has 2 heterocycles. The summed E-state index contributed by atoms with van der Waals surface area (Å²) in [6, 6.07) is 4.41. The van der Waals surface area contributed by atoms with Gasteiger partial charge in [-0.15, -0.1) is 0 Å². The third-order valence-corrected chi connectivity index (χ3v) is 4.90. The number of unbranched alkanes of at least 4 members (excludes halogenated alkanes) is 1. The number of aryl methyl sites for hydroxylation is 1. The Morgan fingerprint density at radius 3 is 2.92 bits per heavy atom. The molecule has 1 atom stereocenters. The lowest BCUT2D eigenvalue weighted by atomic mass is 10.1. The molecule has 3 rings (SSSR count). The molecule has 26 heavy (non-hydrogen) atoms. The summed E-state index contributed by atoms with van der Waals surface area (Å²) < 4.78 is 4.62. The van der Waals surface area contributed by atoms with Gasteiger partial charge in [0.1, 0.15) is 11.9 Å². The molecule has 2 aliphatic rings. The first kappa shape index (κ1) is 20.6. The Hall–Kier alpha value is -1.66. The van der Waals surface area contributed by atoms with Crippen LogP contribution in [0.25, 0.3) is 0 Å². The van der Waals surface area contributed by atoms with Crippen molar-refractivity contribution in [1.82, 2.24) is 9.88 Å². The van der Waals surface area contributed by atoms with Crippen LogP contribution in [0.2, 0.25) is 0 Å². The Kier molecular flexibility index (Phi) is 8.85. The molecule has 6 nitrogen and oxygen atoms in total. The highest BCUT2D eigenvalue weighted by Gasteiger charge is 2.29. The largest absolute Gasteiger partial charge is 0.468 e. The molecule has 1 fully saturated rings. The number of nitrogens with one attached hydrogen (secondary N) is 1. The van der Waals surface area contributed by atoms with Gasteiger partial charge in [-0.3, -0.25) is 4.79 Å². The molecule has 1 aliphatic carbocycles. The van der Waals surface area contributed by atoms with Crippen LogP contribution in [-0.4, -0.2) is 54.7 Å². The number of rotatable bonds is 8. The highest BCUT2D eigenvalue weighted by molar-refractivity contribution is 5.75. The van der Waals surface area contributed by atoms with E-state index < -0.39 is 6.04 Å². The highest BCUT2D eigenvalue weighted by atomic mass is 16.5. The number of nitrogens with zero attached hydrogens (tertiary/aromatic N) is 2. The number of carbonyl (C=O) groups is 1. The van der Waals surface area contributed by atoms with Crippen LogP contribution in [0.5, 0.6) is 0 Å². The minimum Gasteiger partial charge on any atom is -0.468 e. The van der Waals surface area contributed by atoms with E-state index in [9.17, 15) is 4.79 Å². The molecule has 0 saturated heterocycles. The van der Waals surface area contributed by atoms with E-state index in [4.69, 9.17) is 5.73 Å². The molecular weight excluding hydrogens is 328 g/mol. The van der Waals surface area contributed by atoms with Crippen LogP contribution < -0.4 is 11.1 Å². The van der Waals surface area contributed by atoms with E-state index in [-0.39, 0.29) is 5.97 Å². The fourth-order valence-electron chi connectivity index (χ4n) is 3.14. The zero-order valence-corrected chi connectivity index (χ0v) is 16.2. The van der Waals surface area contributed by atoms with E-state index in [2.05, 4.69) is 32.9 Å². The molecular formula is C20H34N4O2. The van der Waals surface area contributed by atoms with Crippen LogP contribution >= 0.6 is 0 Å². The van der Waals surface area contributed by atoms with Gasteiger partial charge in [0.25, 0.3) is 0 Å². The summed E-state index contributed by atoms with van der Waals surface area (Å²) >= 11 is 0. The Morgan fingerprint density at radius 2 is 2.27 bits per heavy atom. The lowest BCUT2D eigenvalue weighted by Crippen LogP contribution is -2.37. The SMILES string of the molecule is CCCCN(CCC(N)C(=O)OC)C1CC1.c1cnc2c(c1)CCCN2. The Balaban J connectivity index is 0.000000206. The summed E-state index contributed by atoms with van der Waals surface area (Å²) in [7, 11) is 1.39. The summed E-state index contributed by atoms with van der Waals surface area (Å²) in [6.45, 7) is 5.32. The van der Waals surface area contributed by atoms with Crippen molar-refractivity contribution in [3.05, 3.63) is 23.9 Å². The maximum Gasteiger partial charge on any atom is 0.322 e. The lowest BCUT2D eigenvalue weighted by molar-refractivity contribution is -0.142. The zero-order valence-electron chi connectivity index (χ0n) is 16.2. The average Bonchev–Trinajstić information content (AvgIpc) is 3.53. The van der Waals surface area contributed by atoms with Gasteiger partial charge in [-0.05, 0) is 56.7 Å². The molecule has 1 saturated carbocycles. The maximum absolute atomic E-state index is 11.2. The van der Waals surface area contributed by atoms with Crippen LogP contribution in [-0.2, 0) is 16.0 Å². The van der Waals surface area contributed by atoms with Gasteiger partial charge in [-0.2, -0.15) is 0 Å². The summed E-state index contributed by atoms with van der Waals surface area (Å²) in [4.78, 5) is 17.8. The third kappa shape index (κ3) is 6.92. The monoisotopic (exact) mass is 362 g/mol. The van der Waals surface area contributed by atoms with Crippen molar-refractivity contribution < 1.29 is 9.53 Å². The Labute approximate surface area is 157 Å². The highest BCUT2D eigenvalue weighted by Crippen LogP contribution is 2.27. The van der Waals surface area contributed by atoms with Crippen molar-refractivity contribution in [1.29, 1.82) is 0 Å². The van der Waals surface area contributed by atoms with Crippen LogP contribution in [0.15, 0.2) is 18.3 Å². The number of nitrogens with two attached hydrogens (primary N) is 1. The van der Waals surface area contributed by atoms with E-state index in [0.29, 0.717) is 6.42 Å². The summed E-state index contributed by atoms with van der Waals surface area (Å²) in [5.41, 5.74) is 7.08. The van der Waals surface area contributed by atoms with E-state index in [1.807, 2.05) is 12.3 Å². The topological polar surface area (TPSA) is 80.5 Å². The number of hydrogen-bond donors (Lipinski definition) is 2. The van der Waals surface area contributed by atoms with Gasteiger partial charge in [0.05, 0.1) is 7.11 Å². The van der Waals surface area contributed by atoms with Crippen molar-refractivity contribution in [2.75, 3.05) is 32.1 Å². The lowest BCUT2D eigenvalue weighted by Gasteiger charge is -2.22. The van der Waals surface area contributed by atoms with Gasteiger partial charge in [-0.1, -0.05) is 19.4 Å². The van der Waals surface area contributed by atoms with Crippen LogP contribution in [0, 0.1) is 0 Å². The van der Waals surface area contributed by atoms with Crippen molar-refractivity contribution in [3.63, 3.8) is 0 Å². The normalized spacial score (nSPS) is 16.8. The predicted octanol–water partition coefficient (Wildman–Crippen LogP) is 2.58. The van der Waals surface area contributed by atoms with Crippen LogP contribution in [0.1, 0.15) is 51.0 Å². The Bertz CT molecular complexity index is 523. The van der Waals surface area contributed by atoms with E-state index in [1.54, 1.807) is 0 Å². The van der Waals surface area contributed by atoms with Gasteiger partial charge < -0.3 is 20.7 Å². The van der Waals surface area contributed by atoms with E-state index >= 15 is 0 Å². The molecule has 0 aromatic carbocycles. The van der Waals surface area contributed by atoms with Crippen LogP contribution in [0.3, 0.4) is 0 Å². The molecule has 0 radical (unpaired) electrons. The van der Waals surface area contributed by atoms with Crippen molar-refractivity contribution >= 4 is 11.8 Å². The number of methoxy groups -OCH3 is 1. The number of fused-ring (bicyclic) bond motifs is 1. The summed E-state index contributed by atoms with van der Waals surface area (Å²) in [5.74, 6) is 0.778. The van der Waals surface area contributed by atoms with Crippen LogP contribution in [0.4, 0.5) is 5.82 Å². The van der Waals surface area contributed by atoms with Gasteiger partial charge in [0.15, 0.2) is 0 Å². The average molecular weight is 363 g/mol. The number of carbonyl (C=O) groups excluding carboxylic acids is 1. The fourth-order valence-corrected chi connectivity index (χ4v) is 3.14. The number of anilines is 1. The van der Waals surface area contributed by atoms with Crippen molar-refractivity contribution in [2.45, 2.75) is 64.0 Å². The second-order valence-corrected chi connectivity index (χ2v) is 7.08. The predicted molar refractivity (Wildman–Crippen MR) is 105 cm³/mol. The number of aromatic nitrogens is 1. The molecule has 0 amide bonds. The second-order valence-electron chi connectivity index (χ2n) is 7.08. The number of ether oxygens (including phenoxy) is 1. The standard InChI is InChI=1S/C12H24N2O2.C8H10N2/c1-3-4-8-14(10-5-6-10)9-7-11(13)12(15)16-2;1-3-7-4-2-6-10-8(7)9-5-1/h10-11H,3-9,13H2,1-2H3;1,3,5H,2,4,6H2,(H,9,10). The number of pyridine rings is 1. The maximum atomic E-state index is 11.2.